The minimum Gasteiger partial charge on any atom is -0.465 e. The number of esters is 2. The molecule has 0 bridgehead atoms. The van der Waals surface area contributed by atoms with Gasteiger partial charge in [-0.05, 0) is 43.4 Å². The lowest BCUT2D eigenvalue weighted by molar-refractivity contribution is -0.165. The lowest BCUT2D eigenvalue weighted by Gasteiger charge is -2.33. The molecule has 0 aromatic carbocycles. The lowest BCUT2D eigenvalue weighted by atomic mass is 9.73. The van der Waals surface area contributed by atoms with Gasteiger partial charge in [0.1, 0.15) is 0 Å². The van der Waals surface area contributed by atoms with Crippen molar-refractivity contribution in [1.82, 2.24) is 0 Å². The second kappa shape index (κ2) is 23.6. The number of unbranched alkanes of at least 4 members (excludes halogenated alkanes) is 14. The highest BCUT2D eigenvalue weighted by Crippen LogP contribution is 2.36. The third kappa shape index (κ3) is 18.8. The summed E-state index contributed by atoms with van der Waals surface area (Å²) in [5.74, 6) is 0.800. The van der Waals surface area contributed by atoms with Crippen LogP contribution in [0.4, 0.5) is 0 Å². The first-order valence-electron chi connectivity index (χ1n) is 17.2. The molecule has 0 N–H and O–H groups in total. The first-order valence-corrected chi connectivity index (χ1v) is 17.2. The molecule has 1 saturated carbocycles. The van der Waals surface area contributed by atoms with E-state index >= 15 is 0 Å². The maximum atomic E-state index is 13.0. The van der Waals surface area contributed by atoms with Crippen molar-refractivity contribution < 1.29 is 19.1 Å². The number of rotatable bonds is 24. The molecule has 1 fully saturated rings. The molecule has 0 amide bonds. The van der Waals surface area contributed by atoms with Gasteiger partial charge < -0.3 is 9.47 Å². The molecular weight excluding hydrogens is 484 g/mol. The lowest BCUT2D eigenvalue weighted by Crippen LogP contribution is -2.39. The Hall–Kier alpha value is -1.06. The van der Waals surface area contributed by atoms with Gasteiger partial charge in [-0.1, -0.05) is 144 Å². The molecule has 0 aromatic heterocycles. The molecular formula is C35H66O4. The van der Waals surface area contributed by atoms with Crippen LogP contribution in [0.5, 0.6) is 0 Å². The molecule has 0 aliphatic heterocycles. The summed E-state index contributed by atoms with van der Waals surface area (Å²) in [5, 5.41) is 0. The molecule has 1 rings (SSSR count). The van der Waals surface area contributed by atoms with Crippen molar-refractivity contribution in [3.05, 3.63) is 0 Å². The topological polar surface area (TPSA) is 52.6 Å². The minimum absolute atomic E-state index is 0.178. The number of ether oxygens (including phenoxy) is 2. The molecule has 3 unspecified atom stereocenters. The summed E-state index contributed by atoms with van der Waals surface area (Å²) >= 11 is 0. The van der Waals surface area contributed by atoms with Gasteiger partial charge in [-0.25, -0.2) is 0 Å². The molecule has 1 aliphatic rings. The largest absolute Gasteiger partial charge is 0.465 e. The predicted octanol–water partition coefficient (Wildman–Crippen LogP) is 10.5. The van der Waals surface area contributed by atoms with Gasteiger partial charge in [-0.15, -0.1) is 0 Å². The average Bonchev–Trinajstić information content (AvgIpc) is 2.89. The van der Waals surface area contributed by atoms with Crippen LogP contribution >= 0.6 is 0 Å². The summed E-state index contributed by atoms with van der Waals surface area (Å²) in [6.45, 7) is 12.3. The van der Waals surface area contributed by atoms with Crippen LogP contribution in [0.15, 0.2) is 0 Å². The fourth-order valence-electron chi connectivity index (χ4n) is 6.06. The number of carbonyl (C=O) groups excluding carboxylic acids is 2. The Kier molecular flexibility index (Phi) is 21.8. The van der Waals surface area contributed by atoms with Gasteiger partial charge in [0.05, 0.1) is 25.0 Å². The fourth-order valence-corrected chi connectivity index (χ4v) is 6.06. The van der Waals surface area contributed by atoms with Crippen molar-refractivity contribution >= 4 is 11.9 Å². The Labute approximate surface area is 243 Å². The second-order valence-electron chi connectivity index (χ2n) is 13.4. The Morgan fingerprint density at radius 1 is 0.564 bits per heavy atom. The maximum absolute atomic E-state index is 13.0. The molecule has 230 valence electrons. The first kappa shape index (κ1) is 36.0. The first-order chi connectivity index (χ1) is 18.8. The quantitative estimate of drug-likeness (QED) is 0.0886. The predicted molar refractivity (Wildman–Crippen MR) is 165 cm³/mol. The summed E-state index contributed by atoms with van der Waals surface area (Å²) in [6.07, 6.45) is 25.3. The van der Waals surface area contributed by atoms with E-state index in [1.807, 2.05) is 0 Å². The minimum atomic E-state index is -0.340. The van der Waals surface area contributed by atoms with Gasteiger partial charge >= 0.3 is 11.9 Å². The molecule has 4 nitrogen and oxygen atoms in total. The number of hydrogen-bond acceptors (Lipinski definition) is 4. The molecule has 0 spiro atoms. The number of carbonyl (C=O) groups is 2. The Balaban J connectivity index is 2.14. The van der Waals surface area contributed by atoms with Gasteiger partial charge in [0.25, 0.3) is 0 Å². The van der Waals surface area contributed by atoms with Gasteiger partial charge in [0.2, 0.25) is 0 Å². The highest BCUT2D eigenvalue weighted by Gasteiger charge is 2.42. The van der Waals surface area contributed by atoms with Crippen LogP contribution in [0.2, 0.25) is 0 Å². The zero-order valence-corrected chi connectivity index (χ0v) is 26.8. The van der Waals surface area contributed by atoms with Gasteiger partial charge in [-0.3, -0.25) is 9.59 Å². The molecule has 0 saturated heterocycles. The van der Waals surface area contributed by atoms with Crippen LogP contribution in [0.1, 0.15) is 169 Å². The van der Waals surface area contributed by atoms with Crippen LogP contribution in [0, 0.1) is 29.6 Å². The normalized spacial score (nSPS) is 19.5. The van der Waals surface area contributed by atoms with E-state index in [-0.39, 0.29) is 29.7 Å². The standard InChI is InChI=1S/C35H66O4/c1-29(2)23-18-14-10-6-8-12-16-20-27-38-34(36)32-26-22-25-31(5)33(32)35(37)39-28-21-17-13-9-7-11-15-19-24-30(3)4/h29-33H,6-28H2,1-5H3. The van der Waals surface area contributed by atoms with E-state index in [1.165, 1.54) is 89.9 Å². The Bertz CT molecular complexity index is 599. The number of hydrogen-bond donors (Lipinski definition) is 0. The monoisotopic (exact) mass is 550 g/mol. The maximum Gasteiger partial charge on any atom is 0.310 e. The highest BCUT2D eigenvalue weighted by molar-refractivity contribution is 5.82. The van der Waals surface area contributed by atoms with Crippen LogP contribution in [-0.2, 0) is 19.1 Å². The highest BCUT2D eigenvalue weighted by atomic mass is 16.5. The fraction of sp³-hybridized carbons (Fsp3) is 0.943. The van der Waals surface area contributed by atoms with Gasteiger partial charge in [0, 0.05) is 0 Å². The van der Waals surface area contributed by atoms with Gasteiger partial charge in [-0.2, -0.15) is 0 Å². The van der Waals surface area contributed by atoms with E-state index in [0.29, 0.717) is 13.2 Å². The van der Waals surface area contributed by atoms with Crippen LogP contribution in [0.25, 0.3) is 0 Å². The van der Waals surface area contributed by atoms with Crippen LogP contribution < -0.4 is 0 Å². The zero-order valence-electron chi connectivity index (χ0n) is 26.8. The zero-order chi connectivity index (χ0) is 28.7. The van der Waals surface area contributed by atoms with Gasteiger partial charge in [0.15, 0.2) is 0 Å². The molecule has 3 atom stereocenters. The van der Waals surface area contributed by atoms with E-state index in [9.17, 15) is 9.59 Å². The van der Waals surface area contributed by atoms with E-state index in [1.54, 1.807) is 0 Å². The SMILES string of the molecule is CC(C)CCCCCCCCCCOC(=O)C1CCCC(C)C1C(=O)OCCCCCCCCCCC(C)C. The molecule has 1 aliphatic carbocycles. The van der Waals surface area contributed by atoms with Crippen molar-refractivity contribution in [1.29, 1.82) is 0 Å². The third-order valence-corrected chi connectivity index (χ3v) is 8.64. The second-order valence-corrected chi connectivity index (χ2v) is 13.4. The van der Waals surface area contributed by atoms with E-state index in [4.69, 9.17) is 9.47 Å². The van der Waals surface area contributed by atoms with Crippen molar-refractivity contribution in [2.75, 3.05) is 13.2 Å². The smallest absolute Gasteiger partial charge is 0.310 e. The third-order valence-electron chi connectivity index (χ3n) is 8.64. The van der Waals surface area contributed by atoms with Crippen LogP contribution in [-0.4, -0.2) is 25.2 Å². The molecule has 0 heterocycles. The van der Waals surface area contributed by atoms with Crippen LogP contribution in [0.3, 0.4) is 0 Å². The summed E-state index contributed by atoms with van der Waals surface area (Å²) in [4.78, 5) is 25.8. The average molecular weight is 551 g/mol. The van der Waals surface area contributed by atoms with E-state index < -0.39 is 0 Å². The van der Waals surface area contributed by atoms with Crippen molar-refractivity contribution in [2.45, 2.75) is 169 Å². The Morgan fingerprint density at radius 3 is 1.38 bits per heavy atom. The molecule has 39 heavy (non-hydrogen) atoms. The van der Waals surface area contributed by atoms with E-state index in [2.05, 4.69) is 34.6 Å². The molecule has 0 aromatic rings. The van der Waals surface area contributed by atoms with Crippen molar-refractivity contribution in [3.8, 4) is 0 Å². The Morgan fingerprint density at radius 2 is 0.949 bits per heavy atom. The summed E-state index contributed by atoms with van der Waals surface area (Å²) < 4.78 is 11.3. The summed E-state index contributed by atoms with van der Waals surface area (Å²) in [6, 6.07) is 0. The summed E-state index contributed by atoms with van der Waals surface area (Å²) in [5.41, 5.74) is 0. The molecule has 4 heteroatoms. The summed E-state index contributed by atoms with van der Waals surface area (Å²) in [7, 11) is 0. The van der Waals surface area contributed by atoms with E-state index in [0.717, 1.165) is 56.8 Å². The van der Waals surface area contributed by atoms with Crippen molar-refractivity contribution in [3.63, 3.8) is 0 Å². The van der Waals surface area contributed by atoms with Crippen molar-refractivity contribution in [2.24, 2.45) is 29.6 Å². The molecule has 0 radical (unpaired) electrons.